The van der Waals surface area contributed by atoms with Crippen LogP contribution in [-0.4, -0.2) is 32.9 Å². The molecule has 0 aliphatic heterocycles. The van der Waals surface area contributed by atoms with Gasteiger partial charge in [0, 0.05) is 25.8 Å². The van der Waals surface area contributed by atoms with Crippen LogP contribution >= 0.6 is 0 Å². The highest BCUT2D eigenvalue weighted by molar-refractivity contribution is 7.89. The van der Waals surface area contributed by atoms with Crippen LogP contribution in [0.3, 0.4) is 0 Å². The smallest absolute Gasteiger partial charge is 0.243 e. The molecule has 1 aromatic carbocycles. The molecule has 116 valence electrons. The third kappa shape index (κ3) is 3.74. The van der Waals surface area contributed by atoms with Crippen LogP contribution in [0.4, 0.5) is 5.69 Å². The van der Waals surface area contributed by atoms with Crippen LogP contribution in [0.5, 0.6) is 0 Å². The van der Waals surface area contributed by atoms with Crippen LogP contribution in [0.15, 0.2) is 17.0 Å². The first-order valence-corrected chi connectivity index (χ1v) is 8.40. The van der Waals surface area contributed by atoms with Crippen molar-refractivity contribution in [2.24, 2.45) is 5.92 Å². The van der Waals surface area contributed by atoms with Crippen LogP contribution in [0, 0.1) is 31.1 Å². The number of nitrogens with zero attached hydrogens (tertiary/aromatic N) is 2. The molecule has 1 N–H and O–H groups in total. The molecular weight excluding hydrogens is 286 g/mol. The van der Waals surface area contributed by atoms with Gasteiger partial charge in [0.1, 0.15) is 0 Å². The van der Waals surface area contributed by atoms with Crippen LogP contribution in [0.25, 0.3) is 0 Å². The highest BCUT2D eigenvalue weighted by Gasteiger charge is 2.28. The molecule has 0 saturated carbocycles. The number of aryl methyl sites for hydroxylation is 2. The Bertz CT molecular complexity index is 624. The molecule has 0 aromatic heterocycles. The highest BCUT2D eigenvalue weighted by Crippen LogP contribution is 2.27. The minimum absolute atomic E-state index is 0.210. The topological polar surface area (TPSA) is 73.2 Å². The molecule has 6 heteroatoms. The second-order valence-electron chi connectivity index (χ2n) is 5.17. The Balaban J connectivity index is 3.33. The molecule has 1 aromatic rings. The molecule has 0 fully saturated rings. The average molecular weight is 309 g/mol. The van der Waals surface area contributed by atoms with Gasteiger partial charge in [-0.2, -0.15) is 9.57 Å². The molecule has 0 radical (unpaired) electrons. The maximum Gasteiger partial charge on any atom is 0.243 e. The lowest BCUT2D eigenvalue weighted by Crippen LogP contribution is -2.35. The molecule has 21 heavy (non-hydrogen) atoms. The van der Waals surface area contributed by atoms with Gasteiger partial charge in [-0.3, -0.25) is 0 Å². The quantitative estimate of drug-likeness (QED) is 0.876. The number of nitrogens with one attached hydrogen (secondary N) is 1. The number of anilines is 1. The minimum Gasteiger partial charge on any atom is -0.388 e. The lowest BCUT2D eigenvalue weighted by molar-refractivity contribution is 0.399. The van der Waals surface area contributed by atoms with E-state index in [4.69, 9.17) is 5.26 Å². The molecular formula is C15H23N3O2S. The van der Waals surface area contributed by atoms with Crippen molar-refractivity contribution in [1.29, 1.82) is 5.26 Å². The van der Waals surface area contributed by atoms with Crippen molar-refractivity contribution >= 4 is 15.7 Å². The largest absolute Gasteiger partial charge is 0.388 e. The van der Waals surface area contributed by atoms with Gasteiger partial charge in [-0.1, -0.05) is 6.92 Å². The van der Waals surface area contributed by atoms with Crippen molar-refractivity contribution in [2.45, 2.75) is 32.6 Å². The molecule has 0 aliphatic rings. The fourth-order valence-corrected chi connectivity index (χ4v) is 4.32. The van der Waals surface area contributed by atoms with E-state index in [1.54, 1.807) is 34.7 Å². The van der Waals surface area contributed by atoms with E-state index in [2.05, 4.69) is 11.4 Å². The van der Waals surface area contributed by atoms with Gasteiger partial charge in [0.15, 0.2) is 0 Å². The van der Waals surface area contributed by atoms with E-state index in [0.717, 1.165) is 5.69 Å². The number of hydrogen-bond donors (Lipinski definition) is 1. The number of benzene rings is 1. The Morgan fingerprint density at radius 3 is 2.24 bits per heavy atom. The molecule has 1 atom stereocenters. The van der Waals surface area contributed by atoms with Gasteiger partial charge >= 0.3 is 0 Å². The van der Waals surface area contributed by atoms with Gasteiger partial charge in [-0.25, -0.2) is 8.42 Å². The first kappa shape index (κ1) is 17.5. The van der Waals surface area contributed by atoms with Gasteiger partial charge in [0.2, 0.25) is 10.0 Å². The van der Waals surface area contributed by atoms with Crippen LogP contribution in [0.1, 0.15) is 25.0 Å². The van der Waals surface area contributed by atoms with E-state index in [-0.39, 0.29) is 12.5 Å². The first-order valence-electron chi connectivity index (χ1n) is 6.96. The van der Waals surface area contributed by atoms with E-state index in [1.807, 2.05) is 12.1 Å². The maximum atomic E-state index is 12.9. The van der Waals surface area contributed by atoms with E-state index < -0.39 is 10.0 Å². The van der Waals surface area contributed by atoms with E-state index in [1.165, 1.54) is 4.31 Å². The number of nitriles is 1. The van der Waals surface area contributed by atoms with E-state index in [0.29, 0.717) is 22.6 Å². The zero-order chi connectivity index (χ0) is 16.2. The summed E-state index contributed by atoms with van der Waals surface area (Å²) in [5.74, 6) is -0.336. The molecule has 5 nitrogen and oxygen atoms in total. The first-order chi connectivity index (χ1) is 9.77. The Labute approximate surface area is 127 Å². The highest BCUT2D eigenvalue weighted by atomic mass is 32.2. The summed E-state index contributed by atoms with van der Waals surface area (Å²) in [4.78, 5) is 0.341. The standard InChI is InChI=1S/C15H23N3O2S/c1-6-18(10-11(2)9-16)21(19,20)15-12(3)7-14(17-5)8-13(15)4/h7-8,11,17H,6,10H2,1-5H3. The van der Waals surface area contributed by atoms with Crippen LogP contribution < -0.4 is 5.32 Å². The van der Waals surface area contributed by atoms with Crippen molar-refractivity contribution in [2.75, 3.05) is 25.5 Å². The molecule has 1 unspecified atom stereocenters. The molecule has 0 bridgehead atoms. The summed E-state index contributed by atoms with van der Waals surface area (Å²) in [6, 6.07) is 5.73. The van der Waals surface area contributed by atoms with Gasteiger partial charge in [0.05, 0.1) is 16.9 Å². The Kier molecular flexibility index (Phi) is 5.76. The summed E-state index contributed by atoms with van der Waals surface area (Å²) in [6.45, 7) is 7.66. The summed E-state index contributed by atoms with van der Waals surface area (Å²) >= 11 is 0. The number of sulfonamides is 1. The van der Waals surface area contributed by atoms with Gasteiger partial charge in [0.25, 0.3) is 0 Å². The molecule has 0 spiro atoms. The Morgan fingerprint density at radius 1 is 1.33 bits per heavy atom. The summed E-state index contributed by atoms with van der Waals surface area (Å²) in [5, 5.41) is 11.9. The molecule has 0 amide bonds. The second kappa shape index (κ2) is 6.92. The normalized spacial score (nSPS) is 13.0. The maximum absolute atomic E-state index is 12.9. The lowest BCUT2D eigenvalue weighted by Gasteiger charge is -2.24. The van der Waals surface area contributed by atoms with Crippen molar-refractivity contribution in [3.63, 3.8) is 0 Å². The fraction of sp³-hybridized carbons (Fsp3) is 0.533. The Hall–Kier alpha value is -1.58. The van der Waals surface area contributed by atoms with Crippen molar-refractivity contribution in [3.8, 4) is 6.07 Å². The molecule has 0 saturated heterocycles. The van der Waals surface area contributed by atoms with Crippen molar-refractivity contribution in [3.05, 3.63) is 23.3 Å². The van der Waals surface area contributed by atoms with Crippen LogP contribution in [-0.2, 0) is 10.0 Å². The summed E-state index contributed by atoms with van der Waals surface area (Å²) in [7, 11) is -1.79. The van der Waals surface area contributed by atoms with Crippen molar-refractivity contribution in [1.82, 2.24) is 4.31 Å². The predicted octanol–water partition coefficient (Wildman–Crippen LogP) is 2.52. The summed E-state index contributed by atoms with van der Waals surface area (Å²) in [6.07, 6.45) is 0. The SMILES string of the molecule is CCN(CC(C)C#N)S(=O)(=O)c1c(C)cc(NC)cc1C. The monoisotopic (exact) mass is 309 g/mol. The third-order valence-electron chi connectivity index (χ3n) is 3.40. The van der Waals surface area contributed by atoms with Gasteiger partial charge in [-0.15, -0.1) is 0 Å². The molecule has 0 aliphatic carbocycles. The number of rotatable bonds is 6. The van der Waals surface area contributed by atoms with E-state index in [9.17, 15) is 8.42 Å². The zero-order valence-electron chi connectivity index (χ0n) is 13.3. The lowest BCUT2D eigenvalue weighted by atomic mass is 10.1. The second-order valence-corrected chi connectivity index (χ2v) is 7.05. The van der Waals surface area contributed by atoms with Crippen molar-refractivity contribution < 1.29 is 8.42 Å². The minimum atomic E-state index is -3.59. The Morgan fingerprint density at radius 2 is 1.86 bits per heavy atom. The van der Waals surface area contributed by atoms with Gasteiger partial charge in [-0.05, 0) is 44.0 Å². The van der Waals surface area contributed by atoms with E-state index >= 15 is 0 Å². The third-order valence-corrected chi connectivity index (χ3v) is 5.64. The van der Waals surface area contributed by atoms with Crippen LogP contribution in [0.2, 0.25) is 0 Å². The van der Waals surface area contributed by atoms with Gasteiger partial charge < -0.3 is 5.32 Å². The summed E-state index contributed by atoms with van der Waals surface area (Å²) in [5.41, 5.74) is 2.31. The predicted molar refractivity (Wildman–Crippen MR) is 84.7 cm³/mol. The summed E-state index contributed by atoms with van der Waals surface area (Å²) < 4.78 is 27.1. The fourth-order valence-electron chi connectivity index (χ4n) is 2.37. The number of hydrogen-bond acceptors (Lipinski definition) is 4. The molecule has 0 heterocycles. The molecule has 1 rings (SSSR count). The zero-order valence-corrected chi connectivity index (χ0v) is 14.1. The average Bonchev–Trinajstić information content (AvgIpc) is 2.42.